The molecule has 0 heterocycles. The highest BCUT2D eigenvalue weighted by molar-refractivity contribution is 7.80. The first kappa shape index (κ1) is 15.3. The van der Waals surface area contributed by atoms with Gasteiger partial charge in [0.2, 0.25) is 0 Å². The number of ether oxygens (including phenoxy) is 1. The molecule has 0 aliphatic heterocycles. The van der Waals surface area contributed by atoms with Crippen LogP contribution in [0.5, 0.6) is 0 Å². The van der Waals surface area contributed by atoms with Gasteiger partial charge in [0.15, 0.2) is 5.11 Å². The van der Waals surface area contributed by atoms with Gasteiger partial charge in [-0.25, -0.2) is 0 Å². The summed E-state index contributed by atoms with van der Waals surface area (Å²) in [6.07, 6.45) is 1.20. The van der Waals surface area contributed by atoms with E-state index in [4.69, 9.17) is 16.2 Å². The lowest BCUT2D eigenvalue weighted by Gasteiger charge is -2.11. The third-order valence-corrected chi connectivity index (χ3v) is 1.62. The number of nitrogens with zero attached hydrogens (tertiary/aromatic N) is 2. The fourth-order valence-electron chi connectivity index (χ4n) is 0.861. The van der Waals surface area contributed by atoms with Crippen LogP contribution in [0.25, 0.3) is 0 Å². The molecule has 0 fully saturated rings. The second-order valence-corrected chi connectivity index (χ2v) is 3.45. The Morgan fingerprint density at radius 3 is 2.65 bits per heavy atom. The van der Waals surface area contributed by atoms with Gasteiger partial charge in [-0.05, 0) is 26.1 Å². The summed E-state index contributed by atoms with van der Waals surface area (Å²) in [5.41, 5.74) is 16.0. The van der Waals surface area contributed by atoms with Gasteiger partial charge in [-0.3, -0.25) is 10.9 Å². The van der Waals surface area contributed by atoms with Crippen molar-refractivity contribution in [3.8, 4) is 0 Å². The van der Waals surface area contributed by atoms with Gasteiger partial charge in [-0.2, -0.15) is 10.2 Å². The predicted octanol–water partition coefficient (Wildman–Crippen LogP) is -0.394. The molecule has 0 spiro atoms. The molecule has 0 rings (SSSR count). The Morgan fingerprint density at radius 1 is 1.53 bits per heavy atom. The zero-order valence-electron chi connectivity index (χ0n) is 9.93. The number of rotatable bonds is 7. The van der Waals surface area contributed by atoms with Crippen LogP contribution in [0.3, 0.4) is 0 Å². The number of nitrogens with two attached hydrogens (primary N) is 2. The first-order valence-corrected chi connectivity index (χ1v) is 5.36. The lowest BCUT2D eigenvalue weighted by molar-refractivity contribution is 0.123. The third kappa shape index (κ3) is 8.17. The van der Waals surface area contributed by atoms with Crippen molar-refractivity contribution in [2.75, 3.05) is 6.61 Å². The summed E-state index contributed by atoms with van der Waals surface area (Å²) in [6, 6.07) is 0. The highest BCUT2D eigenvalue weighted by Gasteiger charge is 2.08. The van der Waals surface area contributed by atoms with Crippen LogP contribution < -0.4 is 22.3 Å². The van der Waals surface area contributed by atoms with Crippen LogP contribution in [-0.2, 0) is 4.74 Å². The van der Waals surface area contributed by atoms with Crippen molar-refractivity contribution in [2.24, 2.45) is 21.7 Å². The number of hydrazone groups is 2. The molecule has 0 aromatic carbocycles. The molecule has 6 N–H and O–H groups in total. The monoisotopic (exact) mass is 258 g/mol. The summed E-state index contributed by atoms with van der Waals surface area (Å²) in [7, 11) is 0. The molecule has 1 atom stereocenters. The van der Waals surface area contributed by atoms with Crippen molar-refractivity contribution >= 4 is 29.3 Å². The van der Waals surface area contributed by atoms with E-state index in [0.29, 0.717) is 12.3 Å². The molecular formula is C9H18N6OS. The van der Waals surface area contributed by atoms with Gasteiger partial charge in [0, 0.05) is 6.61 Å². The molecule has 0 amide bonds. The fraction of sp³-hybridized carbons (Fsp3) is 0.444. The molecule has 0 aromatic rings. The quantitative estimate of drug-likeness (QED) is 0.281. The standard InChI is InChI=1S/C9H18N6OS/c1-4-16-6(2)8(14-15-9(11)17)5-12-13-7(3)10/h5-6,13H,3-4,10H2,1-2H3,(H3,11,15,17)/b12-5+,14-8-. The maximum absolute atomic E-state index is 5.37. The number of hydrogen-bond acceptors (Lipinski definition) is 6. The van der Waals surface area contributed by atoms with Gasteiger partial charge < -0.3 is 16.2 Å². The molecule has 1 unspecified atom stereocenters. The minimum Gasteiger partial charge on any atom is -0.385 e. The Hall–Kier alpha value is -1.67. The van der Waals surface area contributed by atoms with E-state index in [-0.39, 0.29) is 17.0 Å². The zero-order chi connectivity index (χ0) is 13.3. The third-order valence-electron chi connectivity index (χ3n) is 1.53. The summed E-state index contributed by atoms with van der Waals surface area (Å²) in [6.45, 7) is 7.69. The minimum atomic E-state index is -0.251. The maximum atomic E-state index is 5.37. The largest absolute Gasteiger partial charge is 0.385 e. The topological polar surface area (TPSA) is 110 Å². The van der Waals surface area contributed by atoms with Crippen molar-refractivity contribution in [2.45, 2.75) is 20.0 Å². The van der Waals surface area contributed by atoms with E-state index in [2.05, 4.69) is 39.9 Å². The number of thiocarbonyl (C=S) groups is 1. The van der Waals surface area contributed by atoms with E-state index < -0.39 is 0 Å². The number of nitrogens with one attached hydrogen (secondary N) is 2. The Labute approximate surface area is 106 Å². The highest BCUT2D eigenvalue weighted by Crippen LogP contribution is 1.93. The second kappa shape index (κ2) is 8.48. The van der Waals surface area contributed by atoms with Crippen LogP contribution >= 0.6 is 12.2 Å². The maximum Gasteiger partial charge on any atom is 0.184 e. The van der Waals surface area contributed by atoms with E-state index in [1.165, 1.54) is 6.21 Å². The van der Waals surface area contributed by atoms with Crippen molar-refractivity contribution in [3.05, 3.63) is 12.4 Å². The predicted molar refractivity (Wildman–Crippen MR) is 73.4 cm³/mol. The summed E-state index contributed by atoms with van der Waals surface area (Å²) in [5, 5.41) is 7.84. The second-order valence-electron chi connectivity index (χ2n) is 3.01. The SMILES string of the molecule is C=C(N)N/N=C/C(=N/NC(N)=S)C(C)OCC. The van der Waals surface area contributed by atoms with Crippen LogP contribution in [-0.4, -0.2) is 29.7 Å². The lowest BCUT2D eigenvalue weighted by Crippen LogP contribution is -2.30. The molecule has 0 aromatic heterocycles. The Morgan fingerprint density at radius 2 is 2.18 bits per heavy atom. The van der Waals surface area contributed by atoms with E-state index in [0.717, 1.165) is 0 Å². The van der Waals surface area contributed by atoms with Gasteiger partial charge >= 0.3 is 0 Å². The highest BCUT2D eigenvalue weighted by atomic mass is 32.1. The first-order valence-electron chi connectivity index (χ1n) is 4.95. The Kier molecular flexibility index (Phi) is 7.65. The summed E-state index contributed by atoms with van der Waals surface area (Å²) in [5.74, 6) is 0.229. The van der Waals surface area contributed by atoms with Crippen molar-refractivity contribution in [3.63, 3.8) is 0 Å². The summed E-state index contributed by atoms with van der Waals surface area (Å²) < 4.78 is 5.37. The van der Waals surface area contributed by atoms with E-state index in [1.54, 1.807) is 0 Å². The van der Waals surface area contributed by atoms with Gasteiger partial charge in [0.1, 0.15) is 17.6 Å². The van der Waals surface area contributed by atoms with Crippen LogP contribution in [0.2, 0.25) is 0 Å². The average Bonchev–Trinajstić information content (AvgIpc) is 2.22. The van der Waals surface area contributed by atoms with Crippen LogP contribution in [0.15, 0.2) is 22.6 Å². The Bertz CT molecular complexity index is 327. The van der Waals surface area contributed by atoms with Crippen LogP contribution in [0, 0.1) is 0 Å². The fourth-order valence-corrected chi connectivity index (χ4v) is 0.907. The molecule has 0 bridgehead atoms. The molecule has 0 saturated heterocycles. The molecule has 0 aliphatic carbocycles. The van der Waals surface area contributed by atoms with Crippen molar-refractivity contribution < 1.29 is 4.74 Å². The number of hydrogen-bond donors (Lipinski definition) is 4. The lowest BCUT2D eigenvalue weighted by atomic mass is 10.2. The first-order chi connectivity index (χ1) is 7.97. The average molecular weight is 258 g/mol. The zero-order valence-corrected chi connectivity index (χ0v) is 10.8. The molecular weight excluding hydrogens is 240 g/mol. The summed E-state index contributed by atoms with van der Waals surface area (Å²) in [4.78, 5) is 0. The van der Waals surface area contributed by atoms with Gasteiger partial charge in [-0.1, -0.05) is 6.58 Å². The molecule has 0 aliphatic rings. The molecule has 8 heteroatoms. The van der Waals surface area contributed by atoms with Crippen LogP contribution in [0.1, 0.15) is 13.8 Å². The van der Waals surface area contributed by atoms with E-state index in [1.807, 2.05) is 13.8 Å². The van der Waals surface area contributed by atoms with Crippen molar-refractivity contribution in [1.29, 1.82) is 0 Å². The molecule has 0 saturated carbocycles. The normalized spacial score (nSPS) is 13.4. The van der Waals surface area contributed by atoms with Crippen molar-refractivity contribution in [1.82, 2.24) is 10.9 Å². The minimum absolute atomic E-state index is 0.0655. The van der Waals surface area contributed by atoms with Gasteiger partial charge in [-0.15, -0.1) is 0 Å². The van der Waals surface area contributed by atoms with Gasteiger partial charge in [0.05, 0.1) is 6.21 Å². The van der Waals surface area contributed by atoms with Crippen LogP contribution in [0.4, 0.5) is 0 Å². The van der Waals surface area contributed by atoms with E-state index in [9.17, 15) is 0 Å². The Balaban J connectivity index is 4.60. The summed E-state index contributed by atoms with van der Waals surface area (Å²) >= 11 is 4.64. The van der Waals surface area contributed by atoms with E-state index >= 15 is 0 Å². The molecule has 7 nitrogen and oxygen atoms in total. The van der Waals surface area contributed by atoms with Gasteiger partial charge in [0.25, 0.3) is 0 Å². The molecule has 0 radical (unpaired) electrons. The smallest absolute Gasteiger partial charge is 0.184 e. The molecule has 96 valence electrons. The molecule has 17 heavy (non-hydrogen) atoms.